The van der Waals surface area contributed by atoms with Crippen LogP contribution in [0.5, 0.6) is 0 Å². The second kappa shape index (κ2) is 6.85. The van der Waals surface area contributed by atoms with E-state index in [1.54, 1.807) is 6.26 Å². The van der Waals surface area contributed by atoms with Crippen LogP contribution in [0.3, 0.4) is 0 Å². The average Bonchev–Trinajstić information content (AvgIpc) is 2.22. The molecule has 0 aromatic heterocycles. The Morgan fingerprint density at radius 1 is 1.62 bits per heavy atom. The van der Waals surface area contributed by atoms with E-state index in [0.717, 1.165) is 19.5 Å². The van der Waals surface area contributed by atoms with Gasteiger partial charge in [0.1, 0.15) is 5.84 Å². The van der Waals surface area contributed by atoms with E-state index >= 15 is 0 Å². The highest BCUT2D eigenvalue weighted by Gasteiger charge is 2.22. The Bertz CT molecular complexity index is 267. The molecule has 5 nitrogen and oxygen atoms in total. The predicted molar refractivity (Wildman–Crippen MR) is 68.2 cm³/mol. The molecule has 96 valence electrons. The van der Waals surface area contributed by atoms with Gasteiger partial charge in [0.25, 0.3) is 0 Å². The van der Waals surface area contributed by atoms with E-state index in [0.29, 0.717) is 0 Å². The summed E-state index contributed by atoms with van der Waals surface area (Å²) < 4.78 is 11.1. The molecule has 0 saturated heterocycles. The van der Waals surface area contributed by atoms with Crippen molar-refractivity contribution in [3.8, 4) is 0 Å². The van der Waals surface area contributed by atoms with Crippen molar-refractivity contribution in [3.05, 3.63) is 0 Å². The summed E-state index contributed by atoms with van der Waals surface area (Å²) >= 11 is 0. The second-order valence-electron chi connectivity index (χ2n) is 4.63. The van der Waals surface area contributed by atoms with E-state index in [1.165, 1.54) is 0 Å². The topological polar surface area (TPSA) is 87.7 Å². The van der Waals surface area contributed by atoms with Gasteiger partial charge in [-0.05, 0) is 19.9 Å². The van der Waals surface area contributed by atoms with Crippen LogP contribution in [0.4, 0.5) is 0 Å². The van der Waals surface area contributed by atoms with Crippen LogP contribution in [0.15, 0.2) is 5.16 Å². The summed E-state index contributed by atoms with van der Waals surface area (Å²) in [4.78, 5) is 0. The van der Waals surface area contributed by atoms with E-state index in [9.17, 15) is 4.21 Å². The quantitative estimate of drug-likeness (QED) is 0.202. The molecule has 2 atom stereocenters. The van der Waals surface area contributed by atoms with E-state index in [-0.39, 0.29) is 16.5 Å². The Labute approximate surface area is 99.9 Å². The van der Waals surface area contributed by atoms with Crippen molar-refractivity contribution in [3.63, 3.8) is 0 Å². The average molecular weight is 249 g/mol. The fourth-order valence-electron chi connectivity index (χ4n) is 1.09. The van der Waals surface area contributed by atoms with Gasteiger partial charge in [0.15, 0.2) is 0 Å². The zero-order valence-corrected chi connectivity index (χ0v) is 11.3. The largest absolute Gasteiger partial charge is 0.409 e. The number of oxime groups is 1. The molecule has 0 radical (unpaired) electrons. The molecule has 0 amide bonds. The Hall–Kier alpha value is -0.620. The first-order chi connectivity index (χ1) is 7.31. The summed E-state index contributed by atoms with van der Waals surface area (Å²) in [6.07, 6.45) is 2.47. The molecular formula is C10H23N3O2S. The third-order valence-corrected chi connectivity index (χ3v) is 4.03. The first kappa shape index (κ1) is 15.4. The molecule has 0 heterocycles. The third-order valence-electron chi connectivity index (χ3n) is 2.73. The van der Waals surface area contributed by atoms with Crippen molar-refractivity contribution in [2.24, 2.45) is 16.3 Å². The number of nitrogens with one attached hydrogen (secondary N) is 1. The molecule has 0 aromatic rings. The highest BCUT2D eigenvalue weighted by molar-refractivity contribution is 7.84. The fraction of sp³-hybridized carbons (Fsp3) is 0.900. The van der Waals surface area contributed by atoms with Crippen LogP contribution in [-0.4, -0.2) is 39.8 Å². The molecule has 0 fully saturated rings. The lowest BCUT2D eigenvalue weighted by molar-refractivity contribution is 0.305. The second-order valence-corrected chi connectivity index (χ2v) is 6.43. The maximum Gasteiger partial charge on any atom is 0.144 e. The van der Waals surface area contributed by atoms with Crippen LogP contribution in [-0.2, 0) is 10.8 Å². The zero-order valence-electron chi connectivity index (χ0n) is 10.5. The Kier molecular flexibility index (Phi) is 6.59. The van der Waals surface area contributed by atoms with Crippen molar-refractivity contribution in [2.45, 2.75) is 32.4 Å². The SMILES string of the molecule is CC(CNCCC(C)(C)C(N)=NO)S(C)=O. The summed E-state index contributed by atoms with van der Waals surface area (Å²) in [6.45, 7) is 7.26. The zero-order chi connectivity index (χ0) is 12.8. The van der Waals surface area contributed by atoms with Crippen molar-refractivity contribution >= 4 is 16.6 Å². The van der Waals surface area contributed by atoms with Gasteiger partial charge in [-0.1, -0.05) is 19.0 Å². The maximum atomic E-state index is 11.1. The summed E-state index contributed by atoms with van der Waals surface area (Å²) in [5, 5.41) is 15.0. The van der Waals surface area contributed by atoms with Gasteiger partial charge >= 0.3 is 0 Å². The molecule has 4 N–H and O–H groups in total. The van der Waals surface area contributed by atoms with Crippen LogP contribution in [0.2, 0.25) is 0 Å². The molecule has 6 heteroatoms. The minimum atomic E-state index is -0.796. The summed E-state index contributed by atoms with van der Waals surface area (Å²) in [6, 6.07) is 0. The Morgan fingerprint density at radius 3 is 2.62 bits per heavy atom. The molecule has 0 spiro atoms. The number of nitrogens with two attached hydrogens (primary N) is 1. The Morgan fingerprint density at radius 2 is 2.19 bits per heavy atom. The number of hydrogen-bond donors (Lipinski definition) is 3. The highest BCUT2D eigenvalue weighted by Crippen LogP contribution is 2.19. The lowest BCUT2D eigenvalue weighted by Gasteiger charge is -2.23. The molecule has 0 rings (SSSR count). The lowest BCUT2D eigenvalue weighted by atomic mass is 9.88. The monoisotopic (exact) mass is 249 g/mol. The fourth-order valence-corrected chi connectivity index (χ4v) is 1.44. The van der Waals surface area contributed by atoms with Gasteiger partial charge in [0, 0.05) is 34.3 Å². The summed E-state index contributed by atoms with van der Waals surface area (Å²) in [7, 11) is -0.796. The van der Waals surface area contributed by atoms with Crippen LogP contribution in [0, 0.1) is 5.41 Å². The molecule has 0 bridgehead atoms. The number of nitrogens with zero attached hydrogens (tertiary/aromatic N) is 1. The van der Waals surface area contributed by atoms with Crippen LogP contribution in [0.25, 0.3) is 0 Å². The van der Waals surface area contributed by atoms with E-state index in [4.69, 9.17) is 10.9 Å². The highest BCUT2D eigenvalue weighted by atomic mass is 32.2. The molecule has 2 unspecified atom stereocenters. The van der Waals surface area contributed by atoms with Gasteiger partial charge in [0.05, 0.1) is 0 Å². The first-order valence-corrected chi connectivity index (χ1v) is 6.94. The van der Waals surface area contributed by atoms with E-state index in [1.807, 2.05) is 20.8 Å². The molecule has 0 aliphatic rings. The van der Waals surface area contributed by atoms with Gasteiger partial charge in [-0.3, -0.25) is 4.21 Å². The Balaban J connectivity index is 3.87. The minimum absolute atomic E-state index is 0.145. The minimum Gasteiger partial charge on any atom is -0.409 e. The van der Waals surface area contributed by atoms with Gasteiger partial charge in [-0.2, -0.15) is 0 Å². The molecule has 0 saturated carbocycles. The number of hydrogen-bond acceptors (Lipinski definition) is 4. The summed E-state index contributed by atoms with van der Waals surface area (Å²) in [5.41, 5.74) is 5.24. The van der Waals surface area contributed by atoms with Crippen LogP contribution >= 0.6 is 0 Å². The smallest absolute Gasteiger partial charge is 0.144 e. The third kappa shape index (κ3) is 5.46. The predicted octanol–water partition coefficient (Wildman–Crippen LogP) is 0.506. The van der Waals surface area contributed by atoms with Crippen LogP contribution in [0.1, 0.15) is 27.2 Å². The van der Waals surface area contributed by atoms with Gasteiger partial charge < -0.3 is 16.3 Å². The van der Waals surface area contributed by atoms with Crippen LogP contribution < -0.4 is 11.1 Å². The first-order valence-electron chi connectivity index (χ1n) is 5.32. The van der Waals surface area contributed by atoms with Crippen molar-refractivity contribution in [1.82, 2.24) is 5.32 Å². The maximum absolute atomic E-state index is 11.1. The molecule has 0 aliphatic heterocycles. The molecular weight excluding hydrogens is 226 g/mol. The van der Waals surface area contributed by atoms with Crippen molar-refractivity contribution in [2.75, 3.05) is 19.3 Å². The number of rotatable bonds is 7. The van der Waals surface area contributed by atoms with Crippen molar-refractivity contribution in [1.29, 1.82) is 0 Å². The number of amidine groups is 1. The molecule has 0 aliphatic carbocycles. The van der Waals surface area contributed by atoms with Crippen molar-refractivity contribution < 1.29 is 9.42 Å². The van der Waals surface area contributed by atoms with Gasteiger partial charge in [-0.25, -0.2) is 0 Å². The molecule has 16 heavy (non-hydrogen) atoms. The molecule has 0 aromatic carbocycles. The normalized spacial score (nSPS) is 17.1. The van der Waals surface area contributed by atoms with E-state index in [2.05, 4.69) is 10.5 Å². The standard InChI is InChI=1S/C10H23N3O2S/c1-8(16(4)15)7-12-6-5-10(2,3)9(11)13-14/h8,12,14H,5-7H2,1-4H3,(H2,11,13). The van der Waals surface area contributed by atoms with Gasteiger partial charge in [-0.15, -0.1) is 0 Å². The van der Waals surface area contributed by atoms with Gasteiger partial charge in [0.2, 0.25) is 0 Å². The lowest BCUT2D eigenvalue weighted by Crippen LogP contribution is -2.36. The van der Waals surface area contributed by atoms with E-state index < -0.39 is 10.8 Å². The summed E-state index contributed by atoms with van der Waals surface area (Å²) in [5.74, 6) is 0.237.